The maximum atomic E-state index is 11.1. The minimum atomic E-state index is -0.228. The van der Waals surface area contributed by atoms with Crippen LogP contribution in [0, 0.1) is 0 Å². The number of fused-ring (bicyclic) bond motifs is 2. The summed E-state index contributed by atoms with van der Waals surface area (Å²) >= 11 is 0. The summed E-state index contributed by atoms with van der Waals surface area (Å²) in [5, 5.41) is 0. The highest BCUT2D eigenvalue weighted by Crippen LogP contribution is 2.38. The molecule has 0 aromatic heterocycles. The fourth-order valence-electron chi connectivity index (χ4n) is 2.01. The highest BCUT2D eigenvalue weighted by molar-refractivity contribution is 5.83. The van der Waals surface area contributed by atoms with Crippen LogP contribution in [0.25, 0.3) is 0 Å². The Labute approximate surface area is 77.7 Å². The van der Waals surface area contributed by atoms with Gasteiger partial charge in [0, 0.05) is 6.08 Å². The monoisotopic (exact) mass is 182 g/mol. The first-order valence-electron chi connectivity index (χ1n) is 4.82. The van der Waals surface area contributed by atoms with Crippen molar-refractivity contribution in [2.45, 2.75) is 38.4 Å². The summed E-state index contributed by atoms with van der Waals surface area (Å²) in [6.07, 6.45) is 5.30. The van der Waals surface area contributed by atoms with Crippen molar-refractivity contribution in [3.8, 4) is 0 Å². The van der Waals surface area contributed by atoms with E-state index in [9.17, 15) is 4.79 Å². The third kappa shape index (κ3) is 1.75. The Hall–Kier alpha value is -0.830. The molecule has 0 spiro atoms. The van der Waals surface area contributed by atoms with E-state index in [1.807, 2.05) is 6.92 Å². The molecule has 2 aliphatic rings. The molecule has 3 heteroatoms. The predicted molar refractivity (Wildman–Crippen MR) is 47.2 cm³/mol. The second-order valence-corrected chi connectivity index (χ2v) is 3.50. The lowest BCUT2D eigenvalue weighted by atomic mass is 9.95. The number of rotatable bonds is 2. The zero-order valence-corrected chi connectivity index (χ0v) is 7.79. The van der Waals surface area contributed by atoms with E-state index < -0.39 is 0 Å². The largest absolute Gasteiger partial charge is 0.463 e. The van der Waals surface area contributed by atoms with Crippen LogP contribution in [-0.4, -0.2) is 24.8 Å². The lowest BCUT2D eigenvalue weighted by Gasteiger charge is -2.08. The van der Waals surface area contributed by atoms with E-state index in [1.54, 1.807) is 6.08 Å². The number of esters is 1. The van der Waals surface area contributed by atoms with Crippen LogP contribution < -0.4 is 0 Å². The van der Waals surface area contributed by atoms with Gasteiger partial charge in [-0.15, -0.1) is 0 Å². The number of hydrogen-bond donors (Lipinski definition) is 0. The standard InChI is InChI=1S/C10H14O3/c1-2-12-10(11)6-7-5-8-3-4-9(7)13-8/h6,8-9H,2-5H2,1H3/b7-6-. The predicted octanol–water partition coefficient (Wildman–Crippen LogP) is 1.43. The van der Waals surface area contributed by atoms with Gasteiger partial charge >= 0.3 is 5.97 Å². The molecule has 3 nitrogen and oxygen atoms in total. The van der Waals surface area contributed by atoms with Gasteiger partial charge in [0.25, 0.3) is 0 Å². The van der Waals surface area contributed by atoms with Gasteiger partial charge in [-0.3, -0.25) is 0 Å². The van der Waals surface area contributed by atoms with Crippen molar-refractivity contribution < 1.29 is 14.3 Å². The van der Waals surface area contributed by atoms with Crippen molar-refractivity contribution in [3.63, 3.8) is 0 Å². The molecule has 2 aliphatic heterocycles. The number of ether oxygens (including phenoxy) is 2. The van der Waals surface area contributed by atoms with Crippen LogP contribution in [0.2, 0.25) is 0 Å². The smallest absolute Gasteiger partial charge is 0.330 e. The zero-order valence-electron chi connectivity index (χ0n) is 7.79. The molecule has 2 heterocycles. The summed E-state index contributed by atoms with van der Waals surface area (Å²) in [5.74, 6) is -0.228. The fourth-order valence-corrected chi connectivity index (χ4v) is 2.01. The molecule has 0 radical (unpaired) electrons. The van der Waals surface area contributed by atoms with E-state index in [0.717, 1.165) is 24.8 Å². The van der Waals surface area contributed by atoms with Crippen LogP contribution in [0.5, 0.6) is 0 Å². The second-order valence-electron chi connectivity index (χ2n) is 3.50. The maximum Gasteiger partial charge on any atom is 0.330 e. The molecule has 13 heavy (non-hydrogen) atoms. The average Bonchev–Trinajstić information content (AvgIpc) is 2.65. The first-order chi connectivity index (χ1) is 6.29. The minimum Gasteiger partial charge on any atom is -0.463 e. The molecular formula is C10H14O3. The lowest BCUT2D eigenvalue weighted by Crippen LogP contribution is -2.09. The molecule has 2 fully saturated rings. The van der Waals surface area contributed by atoms with E-state index in [-0.39, 0.29) is 12.1 Å². The molecule has 72 valence electrons. The molecule has 0 aliphatic carbocycles. The van der Waals surface area contributed by atoms with E-state index in [0.29, 0.717) is 12.7 Å². The molecular weight excluding hydrogens is 168 g/mol. The Morgan fingerprint density at radius 3 is 3.08 bits per heavy atom. The molecule has 0 aromatic carbocycles. The van der Waals surface area contributed by atoms with Crippen molar-refractivity contribution in [1.82, 2.24) is 0 Å². The molecule has 0 amide bonds. The quantitative estimate of drug-likeness (QED) is 0.478. The molecule has 2 atom stereocenters. The highest BCUT2D eigenvalue weighted by Gasteiger charge is 2.36. The van der Waals surface area contributed by atoms with Gasteiger partial charge in [0.05, 0.1) is 18.8 Å². The highest BCUT2D eigenvalue weighted by atomic mass is 16.5. The molecule has 0 N–H and O–H groups in total. The summed E-state index contributed by atoms with van der Waals surface area (Å²) in [6, 6.07) is 0. The molecule has 0 aromatic rings. The third-order valence-corrected chi connectivity index (χ3v) is 2.57. The summed E-state index contributed by atoms with van der Waals surface area (Å²) in [5.41, 5.74) is 1.12. The number of carbonyl (C=O) groups excluding carboxylic acids is 1. The van der Waals surface area contributed by atoms with Gasteiger partial charge < -0.3 is 9.47 Å². The molecule has 2 unspecified atom stereocenters. The summed E-state index contributed by atoms with van der Waals surface area (Å²) in [6.45, 7) is 2.26. The Kier molecular flexibility index (Phi) is 2.36. The van der Waals surface area contributed by atoms with Crippen LogP contribution >= 0.6 is 0 Å². The Bertz CT molecular complexity index is 245. The Morgan fingerprint density at radius 1 is 1.69 bits per heavy atom. The Balaban J connectivity index is 1.97. The van der Waals surface area contributed by atoms with Gasteiger partial charge in [0.1, 0.15) is 0 Å². The summed E-state index contributed by atoms with van der Waals surface area (Å²) in [7, 11) is 0. The number of hydrogen-bond acceptors (Lipinski definition) is 3. The second kappa shape index (κ2) is 3.50. The average molecular weight is 182 g/mol. The first-order valence-corrected chi connectivity index (χ1v) is 4.82. The van der Waals surface area contributed by atoms with Crippen molar-refractivity contribution in [2.75, 3.05) is 6.61 Å². The van der Waals surface area contributed by atoms with Crippen molar-refractivity contribution in [1.29, 1.82) is 0 Å². The topological polar surface area (TPSA) is 35.5 Å². The zero-order chi connectivity index (χ0) is 9.26. The van der Waals surface area contributed by atoms with E-state index in [1.165, 1.54) is 0 Å². The SMILES string of the molecule is CCOC(=O)/C=C1/CC2CCC1O2. The van der Waals surface area contributed by atoms with Gasteiger partial charge in [-0.1, -0.05) is 0 Å². The van der Waals surface area contributed by atoms with Crippen molar-refractivity contribution in [2.24, 2.45) is 0 Å². The van der Waals surface area contributed by atoms with Gasteiger partial charge in [0.15, 0.2) is 0 Å². The fraction of sp³-hybridized carbons (Fsp3) is 0.700. The van der Waals surface area contributed by atoms with Crippen LogP contribution in [0.1, 0.15) is 26.2 Å². The van der Waals surface area contributed by atoms with Gasteiger partial charge in [-0.05, 0) is 31.8 Å². The van der Waals surface area contributed by atoms with Crippen LogP contribution in [0.15, 0.2) is 11.6 Å². The van der Waals surface area contributed by atoms with Gasteiger partial charge in [0.2, 0.25) is 0 Å². The van der Waals surface area contributed by atoms with Gasteiger partial charge in [-0.2, -0.15) is 0 Å². The molecule has 2 rings (SSSR count). The normalized spacial score (nSPS) is 34.1. The van der Waals surface area contributed by atoms with Crippen molar-refractivity contribution in [3.05, 3.63) is 11.6 Å². The maximum absolute atomic E-state index is 11.1. The summed E-state index contributed by atoms with van der Waals surface area (Å²) in [4.78, 5) is 11.1. The molecule has 2 saturated heterocycles. The Morgan fingerprint density at radius 2 is 2.54 bits per heavy atom. The minimum absolute atomic E-state index is 0.203. The van der Waals surface area contributed by atoms with Crippen LogP contribution in [0.3, 0.4) is 0 Å². The van der Waals surface area contributed by atoms with Gasteiger partial charge in [-0.25, -0.2) is 4.79 Å². The van der Waals surface area contributed by atoms with E-state index in [2.05, 4.69) is 0 Å². The first kappa shape index (κ1) is 8.75. The molecule has 0 saturated carbocycles. The lowest BCUT2D eigenvalue weighted by molar-refractivity contribution is -0.137. The number of carbonyl (C=O) groups is 1. The van der Waals surface area contributed by atoms with Crippen LogP contribution in [-0.2, 0) is 14.3 Å². The van der Waals surface area contributed by atoms with E-state index >= 15 is 0 Å². The summed E-state index contributed by atoms with van der Waals surface area (Å²) < 4.78 is 10.4. The van der Waals surface area contributed by atoms with Crippen LogP contribution in [0.4, 0.5) is 0 Å². The molecule has 2 bridgehead atoms. The van der Waals surface area contributed by atoms with Crippen molar-refractivity contribution >= 4 is 5.97 Å². The third-order valence-electron chi connectivity index (χ3n) is 2.57. The van der Waals surface area contributed by atoms with E-state index in [4.69, 9.17) is 9.47 Å².